The van der Waals surface area contributed by atoms with E-state index in [1.165, 1.54) is 0 Å². The number of hydrogen-bond acceptors (Lipinski definition) is 2. The molecule has 2 nitrogen and oxygen atoms in total. The Labute approximate surface area is 82.9 Å². The molecule has 0 bridgehead atoms. The average Bonchev–Trinajstić information content (AvgIpc) is 2.25. The van der Waals surface area contributed by atoms with E-state index in [0.717, 1.165) is 0 Å². The van der Waals surface area contributed by atoms with Gasteiger partial charge in [-0.15, -0.1) is 12.8 Å². The Hall–Kier alpha value is -2.19. The average molecular weight is 184 g/mol. The number of benzene rings is 1. The fourth-order valence-electron chi connectivity index (χ4n) is 0.985. The molecule has 1 aromatic carbocycles. The van der Waals surface area contributed by atoms with Gasteiger partial charge in [-0.05, 0) is 18.2 Å². The summed E-state index contributed by atoms with van der Waals surface area (Å²) in [7, 11) is 0. The van der Waals surface area contributed by atoms with Crippen LogP contribution in [0.25, 0.3) is 0 Å². The van der Waals surface area contributed by atoms with Crippen LogP contribution < -0.4 is 4.74 Å². The molecule has 0 saturated carbocycles. The van der Waals surface area contributed by atoms with Crippen molar-refractivity contribution in [2.75, 3.05) is 6.61 Å². The molecule has 0 spiro atoms. The van der Waals surface area contributed by atoms with Gasteiger partial charge in [-0.1, -0.05) is 11.8 Å². The van der Waals surface area contributed by atoms with Gasteiger partial charge in [0.15, 0.2) is 6.29 Å². The van der Waals surface area contributed by atoms with Crippen LogP contribution in [-0.2, 0) is 0 Å². The van der Waals surface area contributed by atoms with Crippen LogP contribution in [0, 0.1) is 24.7 Å². The Kier molecular flexibility index (Phi) is 3.35. The number of aldehydes is 1. The van der Waals surface area contributed by atoms with Gasteiger partial charge in [0.1, 0.15) is 12.4 Å². The fourth-order valence-corrected chi connectivity index (χ4v) is 0.985. The van der Waals surface area contributed by atoms with Gasteiger partial charge in [0.2, 0.25) is 0 Å². The highest BCUT2D eigenvalue weighted by molar-refractivity contribution is 5.80. The molecule has 0 aliphatic carbocycles. The lowest BCUT2D eigenvalue weighted by Crippen LogP contribution is -1.95. The van der Waals surface area contributed by atoms with E-state index in [1.54, 1.807) is 18.2 Å². The van der Waals surface area contributed by atoms with Crippen LogP contribution >= 0.6 is 0 Å². The van der Waals surface area contributed by atoms with Gasteiger partial charge in [-0.3, -0.25) is 4.79 Å². The number of carbonyl (C=O) groups excluding carboxylic acids is 1. The molecule has 0 amide bonds. The summed E-state index contributed by atoms with van der Waals surface area (Å²) in [6.45, 7) is 0.174. The molecule has 1 rings (SSSR count). The van der Waals surface area contributed by atoms with Gasteiger partial charge in [-0.25, -0.2) is 0 Å². The highest BCUT2D eigenvalue weighted by Gasteiger charge is 2.00. The molecule has 0 unspecified atom stereocenters. The normalized spacial score (nSPS) is 8.43. The molecule has 0 aromatic heterocycles. The molecule has 0 N–H and O–H groups in total. The van der Waals surface area contributed by atoms with E-state index in [2.05, 4.69) is 11.8 Å². The first-order valence-electron chi connectivity index (χ1n) is 3.94. The summed E-state index contributed by atoms with van der Waals surface area (Å²) in [4.78, 5) is 10.6. The molecule has 2 heteroatoms. The lowest BCUT2D eigenvalue weighted by Gasteiger charge is -2.03. The molecule has 0 atom stereocenters. The minimum Gasteiger partial charge on any atom is -0.481 e. The summed E-state index contributed by atoms with van der Waals surface area (Å²) in [6.07, 6.45) is 10.9. The lowest BCUT2D eigenvalue weighted by molar-refractivity contribution is 0.112. The third-order valence-corrected chi connectivity index (χ3v) is 1.63. The van der Waals surface area contributed by atoms with Crippen LogP contribution in [-0.4, -0.2) is 12.9 Å². The minimum atomic E-state index is 0.174. The van der Waals surface area contributed by atoms with Crippen molar-refractivity contribution in [3.63, 3.8) is 0 Å². The summed E-state index contributed by atoms with van der Waals surface area (Å²) >= 11 is 0. The quantitative estimate of drug-likeness (QED) is 0.525. The van der Waals surface area contributed by atoms with E-state index in [1.807, 2.05) is 0 Å². The molecule has 1 aromatic rings. The van der Waals surface area contributed by atoms with Gasteiger partial charge in [0.05, 0.1) is 0 Å². The predicted molar refractivity (Wildman–Crippen MR) is 54.1 cm³/mol. The number of carbonyl (C=O) groups is 1. The number of hydrogen-bond donors (Lipinski definition) is 0. The summed E-state index contributed by atoms with van der Waals surface area (Å²) in [6, 6.07) is 4.90. The van der Waals surface area contributed by atoms with E-state index < -0.39 is 0 Å². The van der Waals surface area contributed by atoms with Crippen molar-refractivity contribution in [1.82, 2.24) is 0 Å². The second-order valence-electron chi connectivity index (χ2n) is 2.50. The first kappa shape index (κ1) is 9.89. The third-order valence-electron chi connectivity index (χ3n) is 1.63. The molecule has 0 fully saturated rings. The van der Waals surface area contributed by atoms with Crippen LogP contribution in [0.1, 0.15) is 15.9 Å². The Balaban J connectivity index is 2.98. The highest BCUT2D eigenvalue weighted by Crippen LogP contribution is 2.15. The Morgan fingerprint density at radius 1 is 1.43 bits per heavy atom. The van der Waals surface area contributed by atoms with Crippen molar-refractivity contribution in [2.24, 2.45) is 0 Å². The van der Waals surface area contributed by atoms with Crippen molar-refractivity contribution in [2.45, 2.75) is 0 Å². The van der Waals surface area contributed by atoms with Crippen molar-refractivity contribution < 1.29 is 9.53 Å². The van der Waals surface area contributed by atoms with Crippen molar-refractivity contribution >= 4 is 6.29 Å². The molecular weight excluding hydrogens is 176 g/mol. The van der Waals surface area contributed by atoms with Crippen molar-refractivity contribution in [3.05, 3.63) is 29.3 Å². The molecule has 0 heterocycles. The highest BCUT2D eigenvalue weighted by atomic mass is 16.5. The summed E-state index contributed by atoms with van der Waals surface area (Å²) in [5.41, 5.74) is 0.982. The topological polar surface area (TPSA) is 26.3 Å². The summed E-state index contributed by atoms with van der Waals surface area (Å²) < 4.78 is 5.13. The largest absolute Gasteiger partial charge is 0.481 e. The number of terminal acetylenes is 2. The van der Waals surface area contributed by atoms with E-state index >= 15 is 0 Å². The SMILES string of the molecule is C#CCOc1ccc(C#C)c(C=O)c1. The Bertz CT molecular complexity index is 419. The van der Waals surface area contributed by atoms with Crippen LogP contribution in [0.4, 0.5) is 0 Å². The third kappa shape index (κ3) is 2.15. The second kappa shape index (κ2) is 4.74. The number of rotatable bonds is 3. The van der Waals surface area contributed by atoms with E-state index in [0.29, 0.717) is 23.2 Å². The zero-order valence-corrected chi connectivity index (χ0v) is 7.49. The van der Waals surface area contributed by atoms with Crippen molar-refractivity contribution in [3.8, 4) is 30.4 Å². The smallest absolute Gasteiger partial charge is 0.151 e. The maximum atomic E-state index is 10.6. The van der Waals surface area contributed by atoms with Gasteiger partial charge in [0, 0.05) is 11.1 Å². The van der Waals surface area contributed by atoms with E-state index in [4.69, 9.17) is 17.6 Å². The molecular formula is C12H8O2. The van der Waals surface area contributed by atoms with Crippen LogP contribution in [0.5, 0.6) is 5.75 Å². The van der Waals surface area contributed by atoms with Crippen LogP contribution in [0.2, 0.25) is 0 Å². The molecule has 0 saturated heterocycles. The van der Waals surface area contributed by atoms with Gasteiger partial charge in [0.25, 0.3) is 0 Å². The standard InChI is InChI=1S/C12H8O2/c1-3-7-14-12-6-5-10(4-2)11(8-12)9-13/h1-2,5-6,8-9H,7H2. The Morgan fingerprint density at radius 2 is 2.21 bits per heavy atom. The van der Waals surface area contributed by atoms with Crippen LogP contribution in [0.3, 0.4) is 0 Å². The summed E-state index contributed by atoms with van der Waals surface area (Å²) in [5.74, 6) is 5.28. The van der Waals surface area contributed by atoms with E-state index in [9.17, 15) is 4.79 Å². The van der Waals surface area contributed by atoms with Gasteiger partial charge >= 0.3 is 0 Å². The predicted octanol–water partition coefficient (Wildman–Crippen LogP) is 1.49. The monoisotopic (exact) mass is 184 g/mol. The fraction of sp³-hybridized carbons (Fsp3) is 0.0833. The molecule has 68 valence electrons. The number of ether oxygens (including phenoxy) is 1. The van der Waals surface area contributed by atoms with Gasteiger partial charge in [-0.2, -0.15) is 0 Å². The summed E-state index contributed by atoms with van der Waals surface area (Å²) in [5, 5.41) is 0. The minimum absolute atomic E-state index is 0.174. The van der Waals surface area contributed by atoms with Crippen molar-refractivity contribution in [1.29, 1.82) is 0 Å². The van der Waals surface area contributed by atoms with E-state index in [-0.39, 0.29) is 6.61 Å². The Morgan fingerprint density at radius 3 is 2.79 bits per heavy atom. The molecule has 0 radical (unpaired) electrons. The van der Waals surface area contributed by atoms with Crippen LogP contribution in [0.15, 0.2) is 18.2 Å². The molecule has 14 heavy (non-hydrogen) atoms. The molecule has 0 aliphatic rings. The first-order chi connectivity index (χ1) is 6.81. The maximum absolute atomic E-state index is 10.6. The maximum Gasteiger partial charge on any atom is 0.151 e. The second-order valence-corrected chi connectivity index (χ2v) is 2.50. The lowest BCUT2D eigenvalue weighted by atomic mass is 10.1. The molecule has 0 aliphatic heterocycles. The van der Waals surface area contributed by atoms with Gasteiger partial charge < -0.3 is 4.74 Å². The first-order valence-corrected chi connectivity index (χ1v) is 3.94. The zero-order valence-electron chi connectivity index (χ0n) is 7.49. The zero-order chi connectivity index (χ0) is 10.4.